The molecule has 1 heterocycles. The van der Waals surface area contributed by atoms with E-state index in [1.807, 2.05) is 19.9 Å². The lowest BCUT2D eigenvalue weighted by atomic mass is 10.2. The van der Waals surface area contributed by atoms with Crippen LogP contribution in [0.15, 0.2) is 10.6 Å². The van der Waals surface area contributed by atoms with E-state index in [9.17, 15) is 0 Å². The molecule has 0 N–H and O–H groups in total. The van der Waals surface area contributed by atoms with Gasteiger partial charge in [-0.2, -0.15) is 0 Å². The summed E-state index contributed by atoms with van der Waals surface area (Å²) >= 11 is 0. The highest BCUT2D eigenvalue weighted by Crippen LogP contribution is 2.05. The van der Waals surface area contributed by atoms with Crippen LogP contribution in [0.2, 0.25) is 0 Å². The lowest BCUT2D eigenvalue weighted by molar-refractivity contribution is 0.0514. The highest BCUT2D eigenvalue weighted by Gasteiger charge is 1.99. The highest BCUT2D eigenvalue weighted by atomic mass is 16.5. The summed E-state index contributed by atoms with van der Waals surface area (Å²) in [5.74, 6) is 0.878. The molecule has 0 fully saturated rings. The van der Waals surface area contributed by atoms with Gasteiger partial charge in [-0.25, -0.2) is 0 Å². The van der Waals surface area contributed by atoms with Crippen molar-refractivity contribution in [1.29, 1.82) is 0 Å². The smallest absolute Gasteiger partial charge is 0.133 e. The fourth-order valence-corrected chi connectivity index (χ4v) is 1.41. The Morgan fingerprint density at radius 2 is 2.00 bits per heavy atom. The minimum Gasteiger partial charge on any atom is -0.379 e. The molecule has 0 aliphatic heterocycles. The van der Waals surface area contributed by atoms with E-state index in [-0.39, 0.29) is 0 Å². The molecule has 0 bridgehead atoms. The largest absolute Gasteiger partial charge is 0.379 e. The summed E-state index contributed by atoms with van der Waals surface area (Å²) in [5, 5.41) is 3.94. The number of aryl methyl sites for hydroxylation is 2. The molecule has 0 aliphatic carbocycles. The molecule has 1 rings (SSSR count). The molecule has 0 saturated carbocycles. The number of hydrogen-bond donors (Lipinski definition) is 0. The molecule has 0 aromatic carbocycles. The number of aromatic nitrogens is 1. The molecule has 0 aliphatic rings. The Morgan fingerprint density at radius 3 is 2.69 bits per heavy atom. The third-order valence-electron chi connectivity index (χ3n) is 2.22. The molecular weight excluding hydrogens is 206 g/mol. The second-order valence-corrected chi connectivity index (χ2v) is 3.70. The van der Waals surface area contributed by atoms with Gasteiger partial charge in [0.2, 0.25) is 0 Å². The lowest BCUT2D eigenvalue weighted by Gasteiger charge is -2.03. The molecular formula is C12H21NO3. The summed E-state index contributed by atoms with van der Waals surface area (Å²) in [6.07, 6.45) is 3.10. The fourth-order valence-electron chi connectivity index (χ4n) is 1.41. The first-order valence-electron chi connectivity index (χ1n) is 5.90. The monoisotopic (exact) mass is 227 g/mol. The topological polar surface area (TPSA) is 44.5 Å². The quantitative estimate of drug-likeness (QED) is 0.607. The second-order valence-electron chi connectivity index (χ2n) is 3.70. The average molecular weight is 227 g/mol. The normalized spacial score (nSPS) is 10.9. The Hall–Kier alpha value is -0.870. The third-order valence-corrected chi connectivity index (χ3v) is 2.22. The van der Waals surface area contributed by atoms with E-state index in [0.29, 0.717) is 13.2 Å². The molecule has 4 nitrogen and oxygen atoms in total. The standard InChI is InChI=1S/C12H21NO3/c1-3-14-8-9-15-7-5-4-6-12-10-11(2)16-13-12/h10H,3-9H2,1-2H3. The maximum atomic E-state index is 5.41. The first-order valence-corrected chi connectivity index (χ1v) is 5.90. The number of rotatable bonds is 9. The Labute approximate surface area is 96.9 Å². The average Bonchev–Trinajstić information content (AvgIpc) is 2.68. The van der Waals surface area contributed by atoms with Gasteiger partial charge in [-0.15, -0.1) is 0 Å². The Kier molecular flexibility index (Phi) is 6.85. The number of ether oxygens (including phenoxy) is 2. The number of hydrogen-bond acceptors (Lipinski definition) is 4. The van der Waals surface area contributed by atoms with Gasteiger partial charge >= 0.3 is 0 Å². The molecule has 0 saturated heterocycles. The maximum absolute atomic E-state index is 5.41. The van der Waals surface area contributed by atoms with E-state index in [2.05, 4.69) is 5.16 Å². The van der Waals surface area contributed by atoms with Gasteiger partial charge in [-0.1, -0.05) is 5.16 Å². The van der Waals surface area contributed by atoms with E-state index in [4.69, 9.17) is 14.0 Å². The molecule has 92 valence electrons. The van der Waals surface area contributed by atoms with Crippen LogP contribution in [0.1, 0.15) is 31.2 Å². The van der Waals surface area contributed by atoms with Gasteiger partial charge in [0.25, 0.3) is 0 Å². The van der Waals surface area contributed by atoms with Crippen LogP contribution in [0.3, 0.4) is 0 Å². The first kappa shape index (κ1) is 13.2. The minimum absolute atomic E-state index is 0.691. The van der Waals surface area contributed by atoms with Crippen LogP contribution in [0, 0.1) is 6.92 Å². The zero-order valence-electron chi connectivity index (χ0n) is 10.2. The van der Waals surface area contributed by atoms with Crippen molar-refractivity contribution in [2.45, 2.75) is 33.1 Å². The summed E-state index contributed by atoms with van der Waals surface area (Å²) in [6.45, 7) is 6.84. The van der Waals surface area contributed by atoms with E-state index < -0.39 is 0 Å². The van der Waals surface area contributed by atoms with Crippen molar-refractivity contribution in [2.75, 3.05) is 26.4 Å². The zero-order chi connectivity index (χ0) is 11.6. The number of nitrogens with zero attached hydrogens (tertiary/aromatic N) is 1. The van der Waals surface area contributed by atoms with Crippen LogP contribution in [0.25, 0.3) is 0 Å². The van der Waals surface area contributed by atoms with Gasteiger partial charge in [-0.3, -0.25) is 0 Å². The summed E-state index contributed by atoms with van der Waals surface area (Å²) < 4.78 is 15.6. The molecule has 1 aromatic rings. The van der Waals surface area contributed by atoms with Crippen molar-refractivity contribution < 1.29 is 14.0 Å². The van der Waals surface area contributed by atoms with Gasteiger partial charge in [-0.05, 0) is 33.1 Å². The molecule has 0 unspecified atom stereocenters. The molecule has 4 heteroatoms. The molecule has 0 atom stereocenters. The molecule has 0 spiro atoms. The van der Waals surface area contributed by atoms with E-state index >= 15 is 0 Å². The Morgan fingerprint density at radius 1 is 1.19 bits per heavy atom. The van der Waals surface area contributed by atoms with Crippen LogP contribution in [-0.4, -0.2) is 31.6 Å². The molecule has 0 amide bonds. The van der Waals surface area contributed by atoms with Crippen molar-refractivity contribution >= 4 is 0 Å². The van der Waals surface area contributed by atoms with Crippen molar-refractivity contribution in [3.05, 3.63) is 17.5 Å². The van der Waals surface area contributed by atoms with Gasteiger partial charge in [0.15, 0.2) is 0 Å². The SMILES string of the molecule is CCOCCOCCCCc1cc(C)on1. The number of unbranched alkanes of at least 4 members (excludes halogenated alkanes) is 1. The molecule has 0 radical (unpaired) electrons. The third kappa shape index (κ3) is 5.88. The minimum atomic E-state index is 0.691. The van der Waals surface area contributed by atoms with Gasteiger partial charge in [0, 0.05) is 19.3 Å². The van der Waals surface area contributed by atoms with E-state index in [1.54, 1.807) is 0 Å². The first-order chi connectivity index (χ1) is 7.83. The fraction of sp³-hybridized carbons (Fsp3) is 0.750. The summed E-state index contributed by atoms with van der Waals surface area (Å²) in [6, 6.07) is 1.98. The van der Waals surface area contributed by atoms with Crippen molar-refractivity contribution in [3.63, 3.8) is 0 Å². The van der Waals surface area contributed by atoms with Crippen LogP contribution in [0.5, 0.6) is 0 Å². The van der Waals surface area contributed by atoms with E-state index in [1.165, 1.54) is 0 Å². The van der Waals surface area contributed by atoms with Crippen molar-refractivity contribution in [3.8, 4) is 0 Å². The predicted molar refractivity (Wildman–Crippen MR) is 61.5 cm³/mol. The van der Waals surface area contributed by atoms with Crippen molar-refractivity contribution in [1.82, 2.24) is 5.16 Å². The summed E-state index contributed by atoms with van der Waals surface area (Å²) in [4.78, 5) is 0. The van der Waals surface area contributed by atoms with Crippen molar-refractivity contribution in [2.24, 2.45) is 0 Å². The Bertz CT molecular complexity index is 273. The van der Waals surface area contributed by atoms with E-state index in [0.717, 1.165) is 43.9 Å². The lowest BCUT2D eigenvalue weighted by Crippen LogP contribution is -2.05. The predicted octanol–water partition coefficient (Wildman–Crippen LogP) is 2.36. The van der Waals surface area contributed by atoms with Gasteiger partial charge in [0.1, 0.15) is 5.76 Å². The van der Waals surface area contributed by atoms with Crippen LogP contribution in [-0.2, 0) is 15.9 Å². The second kappa shape index (κ2) is 8.30. The summed E-state index contributed by atoms with van der Waals surface area (Å²) in [5.41, 5.74) is 1.03. The highest BCUT2D eigenvalue weighted by molar-refractivity contribution is 5.03. The van der Waals surface area contributed by atoms with Crippen LogP contribution < -0.4 is 0 Å². The molecule has 16 heavy (non-hydrogen) atoms. The van der Waals surface area contributed by atoms with Crippen LogP contribution >= 0.6 is 0 Å². The maximum Gasteiger partial charge on any atom is 0.133 e. The molecule has 1 aromatic heterocycles. The zero-order valence-corrected chi connectivity index (χ0v) is 10.2. The van der Waals surface area contributed by atoms with Gasteiger partial charge in [0.05, 0.1) is 18.9 Å². The Balaban J connectivity index is 1.88. The van der Waals surface area contributed by atoms with Gasteiger partial charge < -0.3 is 14.0 Å². The summed E-state index contributed by atoms with van der Waals surface area (Å²) in [7, 11) is 0. The van der Waals surface area contributed by atoms with Crippen LogP contribution in [0.4, 0.5) is 0 Å².